The molecular formula is C6H6ClS. The van der Waals surface area contributed by atoms with Crippen molar-refractivity contribution in [1.82, 2.24) is 0 Å². The smallest absolute Gasteiger partial charge is 0.0931 e. The van der Waals surface area contributed by atoms with Crippen molar-refractivity contribution in [2.24, 2.45) is 0 Å². The van der Waals surface area contributed by atoms with E-state index in [4.69, 9.17) is 11.6 Å². The third-order valence-corrected chi connectivity index (χ3v) is 2.17. The minimum absolute atomic E-state index is 0.859. The molecule has 0 spiro atoms. The molecule has 0 bridgehead atoms. The fraction of sp³-hybridized carbons (Fsp3) is 0.167. The first-order valence-electron chi connectivity index (χ1n) is 2.37. The van der Waals surface area contributed by atoms with Gasteiger partial charge in [0, 0.05) is 4.88 Å². The van der Waals surface area contributed by atoms with E-state index in [1.54, 1.807) is 11.3 Å². The van der Waals surface area contributed by atoms with Crippen LogP contribution in [0.5, 0.6) is 0 Å². The molecule has 8 heavy (non-hydrogen) atoms. The van der Waals surface area contributed by atoms with Crippen molar-refractivity contribution in [3.8, 4) is 0 Å². The molecule has 0 aliphatic carbocycles. The summed E-state index contributed by atoms with van der Waals surface area (Å²) in [5, 5.41) is 0. The molecule has 0 unspecified atom stereocenters. The summed E-state index contributed by atoms with van der Waals surface area (Å²) in [5.74, 6) is 0. The molecule has 43 valence electrons. The Bertz CT molecular complexity index is 169. The van der Waals surface area contributed by atoms with Crippen molar-refractivity contribution in [2.75, 3.05) is 0 Å². The van der Waals surface area contributed by atoms with Crippen molar-refractivity contribution < 1.29 is 0 Å². The SMILES string of the molecule is C[CH]c1ccc(Cl)s1. The zero-order chi connectivity index (χ0) is 5.98. The van der Waals surface area contributed by atoms with E-state index < -0.39 is 0 Å². The largest absolute Gasteiger partial charge is 0.128 e. The van der Waals surface area contributed by atoms with Gasteiger partial charge in [-0.25, -0.2) is 0 Å². The molecule has 0 aliphatic heterocycles. The fourth-order valence-corrected chi connectivity index (χ4v) is 1.43. The average Bonchev–Trinajstić information content (AvgIpc) is 2.14. The number of hydrogen-bond donors (Lipinski definition) is 0. The van der Waals surface area contributed by atoms with Gasteiger partial charge >= 0.3 is 0 Å². The molecule has 1 aromatic heterocycles. The van der Waals surface area contributed by atoms with Crippen LogP contribution in [-0.2, 0) is 0 Å². The Kier molecular flexibility index (Phi) is 1.92. The van der Waals surface area contributed by atoms with Gasteiger partial charge in [-0.3, -0.25) is 0 Å². The Labute approximate surface area is 58.1 Å². The number of rotatable bonds is 1. The molecule has 0 aromatic carbocycles. The molecule has 1 aromatic rings. The average molecular weight is 146 g/mol. The minimum atomic E-state index is 0.859. The van der Waals surface area contributed by atoms with Crippen LogP contribution >= 0.6 is 22.9 Å². The quantitative estimate of drug-likeness (QED) is 0.570. The summed E-state index contributed by atoms with van der Waals surface area (Å²) < 4.78 is 0.859. The van der Waals surface area contributed by atoms with Crippen LogP contribution in [0.4, 0.5) is 0 Å². The maximum Gasteiger partial charge on any atom is 0.0931 e. The van der Waals surface area contributed by atoms with Crippen LogP contribution in [0, 0.1) is 6.42 Å². The van der Waals surface area contributed by atoms with Crippen molar-refractivity contribution in [1.29, 1.82) is 0 Å². The second-order valence-corrected chi connectivity index (χ2v) is 3.18. The first kappa shape index (κ1) is 6.12. The van der Waals surface area contributed by atoms with Crippen LogP contribution in [0.15, 0.2) is 12.1 Å². The van der Waals surface area contributed by atoms with Gasteiger partial charge in [0.15, 0.2) is 0 Å². The molecule has 1 rings (SSSR count). The molecule has 0 saturated carbocycles. The molecule has 2 heteroatoms. The second kappa shape index (κ2) is 2.51. The van der Waals surface area contributed by atoms with Gasteiger partial charge in [-0.2, -0.15) is 0 Å². The highest BCUT2D eigenvalue weighted by Crippen LogP contribution is 2.21. The molecule has 0 nitrogen and oxygen atoms in total. The molecule has 0 aliphatic rings. The van der Waals surface area contributed by atoms with Gasteiger partial charge in [-0.1, -0.05) is 18.5 Å². The maximum absolute atomic E-state index is 5.64. The van der Waals surface area contributed by atoms with Crippen LogP contribution < -0.4 is 0 Å². The van der Waals surface area contributed by atoms with E-state index in [1.165, 1.54) is 4.88 Å². The van der Waals surface area contributed by atoms with E-state index in [1.807, 2.05) is 25.5 Å². The van der Waals surface area contributed by atoms with Crippen LogP contribution in [-0.4, -0.2) is 0 Å². The molecule has 0 fully saturated rings. The maximum atomic E-state index is 5.64. The molecule has 0 amide bonds. The Balaban J connectivity index is 2.84. The lowest BCUT2D eigenvalue weighted by Crippen LogP contribution is -1.58. The van der Waals surface area contributed by atoms with Gasteiger partial charge < -0.3 is 0 Å². The predicted molar refractivity (Wildman–Crippen MR) is 38.4 cm³/mol. The highest BCUT2D eigenvalue weighted by atomic mass is 35.5. The van der Waals surface area contributed by atoms with Gasteiger partial charge in [0.25, 0.3) is 0 Å². The van der Waals surface area contributed by atoms with E-state index in [-0.39, 0.29) is 0 Å². The zero-order valence-electron chi connectivity index (χ0n) is 4.52. The van der Waals surface area contributed by atoms with Crippen molar-refractivity contribution in [2.45, 2.75) is 6.92 Å². The van der Waals surface area contributed by atoms with E-state index in [9.17, 15) is 0 Å². The molecule has 0 saturated heterocycles. The highest BCUT2D eigenvalue weighted by molar-refractivity contribution is 7.16. The van der Waals surface area contributed by atoms with Gasteiger partial charge in [-0.15, -0.1) is 11.3 Å². The Morgan fingerprint density at radius 3 is 2.62 bits per heavy atom. The first-order chi connectivity index (χ1) is 3.83. The van der Waals surface area contributed by atoms with Crippen LogP contribution in [0.3, 0.4) is 0 Å². The third-order valence-electron chi connectivity index (χ3n) is 0.879. The lowest BCUT2D eigenvalue weighted by molar-refractivity contribution is 1.52. The Hall–Kier alpha value is -0.0100. The van der Waals surface area contributed by atoms with Gasteiger partial charge in [0.2, 0.25) is 0 Å². The molecular weight excluding hydrogens is 140 g/mol. The van der Waals surface area contributed by atoms with E-state index in [2.05, 4.69) is 0 Å². The van der Waals surface area contributed by atoms with Crippen LogP contribution in [0.25, 0.3) is 0 Å². The second-order valence-electron chi connectivity index (χ2n) is 1.43. The summed E-state index contributed by atoms with van der Waals surface area (Å²) in [7, 11) is 0. The fourth-order valence-electron chi connectivity index (χ4n) is 0.483. The van der Waals surface area contributed by atoms with Gasteiger partial charge in [0.05, 0.1) is 4.34 Å². The Morgan fingerprint density at radius 2 is 2.38 bits per heavy atom. The first-order valence-corrected chi connectivity index (χ1v) is 3.57. The van der Waals surface area contributed by atoms with E-state index >= 15 is 0 Å². The van der Waals surface area contributed by atoms with Crippen molar-refractivity contribution in [3.05, 3.63) is 27.8 Å². The number of hydrogen-bond acceptors (Lipinski definition) is 1. The number of thiophene rings is 1. The summed E-state index contributed by atoms with van der Waals surface area (Å²) in [6.07, 6.45) is 2.04. The minimum Gasteiger partial charge on any atom is -0.128 e. The van der Waals surface area contributed by atoms with Crippen LogP contribution in [0.1, 0.15) is 11.8 Å². The van der Waals surface area contributed by atoms with Crippen LogP contribution in [0.2, 0.25) is 4.34 Å². The van der Waals surface area contributed by atoms with Gasteiger partial charge in [0.1, 0.15) is 0 Å². The molecule has 0 atom stereocenters. The summed E-state index contributed by atoms with van der Waals surface area (Å²) in [5.41, 5.74) is 0. The topological polar surface area (TPSA) is 0 Å². The lowest BCUT2D eigenvalue weighted by Gasteiger charge is -1.79. The predicted octanol–water partition coefficient (Wildman–Crippen LogP) is 2.97. The van der Waals surface area contributed by atoms with E-state index in [0.717, 1.165) is 4.34 Å². The molecule has 1 heterocycles. The third kappa shape index (κ3) is 1.23. The molecule has 0 N–H and O–H groups in total. The normalized spacial score (nSPS) is 9.75. The zero-order valence-corrected chi connectivity index (χ0v) is 6.09. The summed E-state index contributed by atoms with van der Waals surface area (Å²) in [4.78, 5) is 1.23. The van der Waals surface area contributed by atoms with Crippen molar-refractivity contribution >= 4 is 22.9 Å². The van der Waals surface area contributed by atoms with E-state index in [0.29, 0.717) is 0 Å². The standard InChI is InChI=1S/C6H6ClS/c1-2-5-3-4-6(7)8-5/h2-4H,1H3. The molecule has 1 radical (unpaired) electrons. The summed E-state index contributed by atoms with van der Waals surface area (Å²) >= 11 is 7.24. The summed E-state index contributed by atoms with van der Waals surface area (Å²) in [6, 6.07) is 3.91. The van der Waals surface area contributed by atoms with Gasteiger partial charge in [-0.05, 0) is 18.6 Å². The Morgan fingerprint density at radius 1 is 1.62 bits per heavy atom. The lowest BCUT2D eigenvalue weighted by atomic mass is 10.4. The highest BCUT2D eigenvalue weighted by Gasteiger charge is 1.91. The summed E-state index contributed by atoms with van der Waals surface area (Å²) in [6.45, 7) is 2.00. The monoisotopic (exact) mass is 145 g/mol. The number of halogens is 1. The van der Waals surface area contributed by atoms with Crippen molar-refractivity contribution in [3.63, 3.8) is 0 Å².